The largest absolute Gasteiger partial charge is 0.416 e. The van der Waals surface area contributed by atoms with E-state index in [1.165, 1.54) is 12.1 Å². The van der Waals surface area contributed by atoms with Crippen LogP contribution >= 0.6 is 11.6 Å². The summed E-state index contributed by atoms with van der Waals surface area (Å²) in [6.07, 6.45) is -3.22. The van der Waals surface area contributed by atoms with Crippen LogP contribution in [0, 0.1) is 6.92 Å². The maximum atomic E-state index is 12.9. The van der Waals surface area contributed by atoms with Crippen LogP contribution in [0.5, 0.6) is 0 Å². The Morgan fingerprint density at radius 1 is 1.06 bits per heavy atom. The van der Waals surface area contributed by atoms with Crippen LogP contribution in [0.2, 0.25) is 5.15 Å². The molecule has 0 radical (unpaired) electrons. The SMILES string of the molecule is CNC(=O)[C@H](c1ccc(C)cc1)N(CCCc1ccc(C(F)(F)F)cc1)c1cccc(Cl)n1. The van der Waals surface area contributed by atoms with Crippen LogP contribution in [0.4, 0.5) is 19.0 Å². The first kappa shape index (κ1) is 24.6. The number of aryl methyl sites for hydroxylation is 2. The topological polar surface area (TPSA) is 45.2 Å². The van der Waals surface area contributed by atoms with E-state index in [1.54, 1.807) is 25.2 Å². The van der Waals surface area contributed by atoms with Gasteiger partial charge in [0.1, 0.15) is 17.0 Å². The number of rotatable bonds is 8. The van der Waals surface area contributed by atoms with Crippen molar-refractivity contribution < 1.29 is 18.0 Å². The molecule has 1 heterocycles. The maximum absolute atomic E-state index is 12.9. The number of amides is 1. The molecular formula is C25H25ClF3N3O. The fourth-order valence-corrected chi connectivity index (χ4v) is 3.76. The summed E-state index contributed by atoms with van der Waals surface area (Å²) in [6, 6.07) is 17.4. The number of hydrogen-bond acceptors (Lipinski definition) is 3. The molecule has 0 aliphatic rings. The van der Waals surface area contributed by atoms with Gasteiger partial charge in [0.05, 0.1) is 5.56 Å². The van der Waals surface area contributed by atoms with E-state index in [1.807, 2.05) is 36.1 Å². The minimum absolute atomic E-state index is 0.199. The van der Waals surface area contributed by atoms with Crippen molar-refractivity contribution in [1.82, 2.24) is 10.3 Å². The van der Waals surface area contributed by atoms with Gasteiger partial charge < -0.3 is 10.2 Å². The zero-order valence-corrected chi connectivity index (χ0v) is 19.1. The first-order valence-electron chi connectivity index (χ1n) is 10.5. The summed E-state index contributed by atoms with van der Waals surface area (Å²) in [4.78, 5) is 19.2. The number of carbonyl (C=O) groups is 1. The molecule has 2 aromatic carbocycles. The van der Waals surface area contributed by atoms with E-state index in [-0.39, 0.29) is 5.91 Å². The molecule has 0 unspecified atom stereocenters. The van der Waals surface area contributed by atoms with Crippen molar-refractivity contribution >= 4 is 23.3 Å². The zero-order chi connectivity index (χ0) is 24.0. The third kappa shape index (κ3) is 6.48. The van der Waals surface area contributed by atoms with Gasteiger partial charge in [0.2, 0.25) is 5.91 Å². The lowest BCUT2D eigenvalue weighted by Crippen LogP contribution is -2.40. The molecule has 0 aliphatic carbocycles. The molecule has 33 heavy (non-hydrogen) atoms. The molecular weight excluding hydrogens is 451 g/mol. The van der Waals surface area contributed by atoms with E-state index in [2.05, 4.69) is 10.3 Å². The average molecular weight is 476 g/mol. The van der Waals surface area contributed by atoms with Gasteiger partial charge in [-0.25, -0.2) is 4.98 Å². The summed E-state index contributed by atoms with van der Waals surface area (Å²) in [6.45, 7) is 2.42. The molecule has 3 rings (SSSR count). The quantitative estimate of drug-likeness (QED) is 0.407. The van der Waals surface area contributed by atoms with Gasteiger partial charge in [-0.3, -0.25) is 4.79 Å². The van der Waals surface area contributed by atoms with Crippen LogP contribution < -0.4 is 10.2 Å². The number of nitrogens with zero attached hydrogens (tertiary/aromatic N) is 2. The Bertz CT molecular complexity index is 1070. The molecule has 0 saturated heterocycles. The lowest BCUT2D eigenvalue weighted by Gasteiger charge is -2.32. The Balaban J connectivity index is 1.86. The summed E-state index contributed by atoms with van der Waals surface area (Å²) in [5.41, 5.74) is 1.99. The van der Waals surface area contributed by atoms with Crippen molar-refractivity contribution in [2.24, 2.45) is 0 Å². The lowest BCUT2D eigenvalue weighted by molar-refractivity contribution is -0.137. The predicted molar refractivity (Wildman–Crippen MR) is 124 cm³/mol. The van der Waals surface area contributed by atoms with Gasteiger partial charge in [0.25, 0.3) is 0 Å². The zero-order valence-electron chi connectivity index (χ0n) is 18.4. The Morgan fingerprint density at radius 3 is 2.30 bits per heavy atom. The van der Waals surface area contributed by atoms with Crippen LogP contribution in [0.3, 0.4) is 0 Å². The van der Waals surface area contributed by atoms with Crippen molar-refractivity contribution in [2.75, 3.05) is 18.5 Å². The highest BCUT2D eigenvalue weighted by atomic mass is 35.5. The molecule has 174 valence electrons. The molecule has 0 bridgehead atoms. The monoisotopic (exact) mass is 475 g/mol. The minimum atomic E-state index is -4.36. The van der Waals surface area contributed by atoms with E-state index in [0.29, 0.717) is 30.4 Å². The highest BCUT2D eigenvalue weighted by Gasteiger charge is 2.30. The van der Waals surface area contributed by atoms with Crippen LogP contribution in [-0.4, -0.2) is 24.5 Å². The maximum Gasteiger partial charge on any atom is 0.416 e. The molecule has 1 N–H and O–H groups in total. The molecule has 8 heteroatoms. The summed E-state index contributed by atoms with van der Waals surface area (Å²) in [5.74, 6) is 0.347. The number of pyridine rings is 1. The smallest absolute Gasteiger partial charge is 0.357 e. The normalized spacial score (nSPS) is 12.3. The lowest BCUT2D eigenvalue weighted by atomic mass is 10.0. The van der Waals surface area contributed by atoms with Gasteiger partial charge in [-0.05, 0) is 55.2 Å². The first-order valence-corrected chi connectivity index (χ1v) is 10.9. The average Bonchev–Trinajstić information content (AvgIpc) is 2.79. The molecule has 0 saturated carbocycles. The van der Waals surface area contributed by atoms with Crippen LogP contribution in [0.25, 0.3) is 0 Å². The second-order valence-corrected chi connectivity index (χ2v) is 8.12. The van der Waals surface area contributed by atoms with Gasteiger partial charge in [-0.2, -0.15) is 13.2 Å². The van der Waals surface area contributed by atoms with Crippen LogP contribution in [0.15, 0.2) is 66.7 Å². The van der Waals surface area contributed by atoms with E-state index in [4.69, 9.17) is 11.6 Å². The van der Waals surface area contributed by atoms with Crippen molar-refractivity contribution in [3.05, 3.63) is 94.1 Å². The Kier molecular flexibility index (Phi) is 7.97. The summed E-state index contributed by atoms with van der Waals surface area (Å²) < 4.78 is 38.5. The highest BCUT2D eigenvalue weighted by Crippen LogP contribution is 2.30. The fourth-order valence-electron chi connectivity index (χ4n) is 3.61. The minimum Gasteiger partial charge on any atom is -0.357 e. The number of carbonyl (C=O) groups excluding carboxylic acids is 1. The van der Waals surface area contributed by atoms with E-state index in [0.717, 1.165) is 28.8 Å². The van der Waals surface area contributed by atoms with E-state index >= 15 is 0 Å². The Morgan fingerprint density at radius 2 is 1.73 bits per heavy atom. The molecule has 3 aromatic rings. The number of anilines is 1. The van der Waals surface area contributed by atoms with Gasteiger partial charge in [-0.1, -0.05) is 59.6 Å². The van der Waals surface area contributed by atoms with Crippen LogP contribution in [0.1, 0.15) is 34.7 Å². The van der Waals surface area contributed by atoms with Gasteiger partial charge in [0, 0.05) is 13.6 Å². The number of benzene rings is 2. The summed E-state index contributed by atoms with van der Waals surface area (Å²) in [5, 5.41) is 3.03. The number of halogens is 4. The van der Waals surface area contributed by atoms with Gasteiger partial charge in [-0.15, -0.1) is 0 Å². The van der Waals surface area contributed by atoms with E-state index < -0.39 is 17.8 Å². The number of nitrogens with one attached hydrogen (secondary N) is 1. The van der Waals surface area contributed by atoms with Crippen molar-refractivity contribution in [3.8, 4) is 0 Å². The Labute approximate surface area is 196 Å². The first-order chi connectivity index (χ1) is 15.7. The van der Waals surface area contributed by atoms with Gasteiger partial charge in [0.15, 0.2) is 0 Å². The molecule has 1 aromatic heterocycles. The third-order valence-electron chi connectivity index (χ3n) is 5.34. The fraction of sp³-hybridized carbons (Fsp3) is 0.280. The molecule has 0 fully saturated rings. The highest BCUT2D eigenvalue weighted by molar-refractivity contribution is 6.29. The van der Waals surface area contributed by atoms with Gasteiger partial charge >= 0.3 is 6.18 Å². The summed E-state index contributed by atoms with van der Waals surface area (Å²) in [7, 11) is 1.58. The molecule has 4 nitrogen and oxygen atoms in total. The standard InChI is InChI=1S/C25H25ClF3N3O/c1-17-8-12-19(13-9-17)23(24(33)30-2)32(22-7-3-6-21(26)31-22)16-4-5-18-10-14-20(15-11-18)25(27,28)29/h3,6-15,23H,4-5,16H2,1-2H3,(H,30,33)/t23-/m0/s1. The molecule has 0 spiro atoms. The third-order valence-corrected chi connectivity index (χ3v) is 5.55. The van der Waals surface area contributed by atoms with Crippen LogP contribution in [-0.2, 0) is 17.4 Å². The second kappa shape index (κ2) is 10.7. The molecule has 0 aliphatic heterocycles. The van der Waals surface area contributed by atoms with E-state index in [9.17, 15) is 18.0 Å². The molecule has 1 atom stereocenters. The summed E-state index contributed by atoms with van der Waals surface area (Å²) >= 11 is 6.13. The molecule has 1 amide bonds. The number of alkyl halides is 3. The number of hydrogen-bond donors (Lipinski definition) is 1. The van der Waals surface area contributed by atoms with Crippen molar-refractivity contribution in [3.63, 3.8) is 0 Å². The predicted octanol–water partition coefficient (Wildman–Crippen LogP) is 5.99. The van der Waals surface area contributed by atoms with Crippen molar-refractivity contribution in [2.45, 2.75) is 32.0 Å². The second-order valence-electron chi connectivity index (χ2n) is 7.74. The van der Waals surface area contributed by atoms with Crippen molar-refractivity contribution in [1.29, 1.82) is 0 Å². The Hall–Kier alpha value is -3.06. The number of likely N-dealkylation sites (N-methyl/N-ethyl adjacent to an activating group) is 1. The number of aromatic nitrogens is 1.